The number of ketones is 1. The molecule has 0 spiro atoms. The second-order valence-electron chi connectivity index (χ2n) is 5.84. The molecule has 0 bridgehead atoms. The van der Waals surface area contributed by atoms with Gasteiger partial charge in [0.2, 0.25) is 5.92 Å². The Balaban J connectivity index is 1.79. The Hall–Kier alpha value is -0.680. The van der Waals surface area contributed by atoms with E-state index in [2.05, 4.69) is 0 Å². The van der Waals surface area contributed by atoms with E-state index < -0.39 is 23.3 Å². The van der Waals surface area contributed by atoms with Crippen LogP contribution >= 0.6 is 0 Å². The normalized spacial score (nSPS) is 26.2. The number of carbonyl (C=O) groups excluding carboxylic acids is 1. The van der Waals surface area contributed by atoms with Crippen LogP contribution in [0.2, 0.25) is 0 Å². The summed E-state index contributed by atoms with van der Waals surface area (Å²) in [6.45, 7) is 0. The maximum absolute atomic E-state index is 12.9. The fourth-order valence-corrected chi connectivity index (χ4v) is 2.81. The molecule has 2 rings (SSSR count). The third-order valence-electron chi connectivity index (χ3n) is 4.44. The first kappa shape index (κ1) is 14.7. The summed E-state index contributed by atoms with van der Waals surface area (Å²) in [6, 6.07) is 0. The molecule has 2 aliphatic carbocycles. The van der Waals surface area contributed by atoms with Crippen LogP contribution in [-0.2, 0) is 4.79 Å². The number of Topliss-reactive ketones (excluding diaryl/α,β-unsaturated/α-hetero) is 1. The summed E-state index contributed by atoms with van der Waals surface area (Å²) in [5, 5.41) is 0. The molecule has 0 aliphatic heterocycles. The Morgan fingerprint density at radius 1 is 1.05 bits per heavy atom. The predicted octanol–water partition coefficient (Wildman–Crippen LogP) is 4.50. The summed E-state index contributed by atoms with van der Waals surface area (Å²) in [5.41, 5.74) is -2.11. The van der Waals surface area contributed by atoms with E-state index in [4.69, 9.17) is 0 Å². The van der Waals surface area contributed by atoms with E-state index >= 15 is 0 Å². The van der Waals surface area contributed by atoms with Crippen LogP contribution in [0.4, 0.5) is 22.0 Å². The number of hydrogen-bond donors (Lipinski definition) is 0. The Labute approximate surface area is 108 Å². The summed E-state index contributed by atoms with van der Waals surface area (Å²) in [5.74, 6) is -3.42. The highest BCUT2D eigenvalue weighted by atomic mass is 19.4. The van der Waals surface area contributed by atoms with Crippen LogP contribution in [0.15, 0.2) is 0 Å². The summed E-state index contributed by atoms with van der Waals surface area (Å²) in [6.07, 6.45) is -4.31. The molecule has 0 atom stereocenters. The quantitative estimate of drug-likeness (QED) is 0.694. The number of carbonyl (C=O) groups is 1. The molecule has 0 aromatic heterocycles. The van der Waals surface area contributed by atoms with Crippen LogP contribution in [0.3, 0.4) is 0 Å². The van der Waals surface area contributed by atoms with Crippen LogP contribution in [0.5, 0.6) is 0 Å². The molecule has 0 radical (unpaired) electrons. The average molecular weight is 284 g/mol. The summed E-state index contributed by atoms with van der Waals surface area (Å²) in [4.78, 5) is 11.7. The molecule has 0 N–H and O–H groups in total. The van der Waals surface area contributed by atoms with Crippen molar-refractivity contribution in [2.75, 3.05) is 0 Å². The van der Waals surface area contributed by atoms with Crippen molar-refractivity contribution in [3.63, 3.8) is 0 Å². The molecule has 0 heterocycles. The molecule has 1 nitrogen and oxygen atoms in total. The fraction of sp³-hybridized carbons (Fsp3) is 0.923. The van der Waals surface area contributed by atoms with Gasteiger partial charge >= 0.3 is 6.18 Å². The molecule has 2 saturated carbocycles. The van der Waals surface area contributed by atoms with Crippen LogP contribution in [0, 0.1) is 11.3 Å². The molecule has 19 heavy (non-hydrogen) atoms. The topological polar surface area (TPSA) is 17.1 Å². The van der Waals surface area contributed by atoms with Gasteiger partial charge < -0.3 is 0 Å². The molecule has 6 heteroatoms. The van der Waals surface area contributed by atoms with Crippen molar-refractivity contribution in [2.24, 2.45) is 11.3 Å². The highest BCUT2D eigenvalue weighted by molar-refractivity contribution is 5.88. The van der Waals surface area contributed by atoms with Gasteiger partial charge in [-0.25, -0.2) is 8.78 Å². The van der Waals surface area contributed by atoms with Gasteiger partial charge in [0.25, 0.3) is 0 Å². The SMILES string of the molecule is O=C(CCC1CCC(F)(F)CC1)C1(C(F)(F)F)CC1. The molecule has 110 valence electrons. The smallest absolute Gasteiger partial charge is 0.299 e. The first-order valence-corrected chi connectivity index (χ1v) is 6.64. The predicted molar refractivity (Wildman–Crippen MR) is 58.9 cm³/mol. The van der Waals surface area contributed by atoms with Crippen LogP contribution < -0.4 is 0 Å². The lowest BCUT2D eigenvalue weighted by molar-refractivity contribution is -0.191. The summed E-state index contributed by atoms with van der Waals surface area (Å²) < 4.78 is 63.9. The third kappa shape index (κ3) is 3.08. The minimum Gasteiger partial charge on any atom is -0.299 e. The van der Waals surface area contributed by atoms with E-state index in [1.807, 2.05) is 0 Å². The number of alkyl halides is 5. The molecular formula is C13H17F5O. The molecule has 0 amide bonds. The van der Waals surface area contributed by atoms with Gasteiger partial charge in [0.1, 0.15) is 11.2 Å². The molecular weight excluding hydrogens is 267 g/mol. The maximum Gasteiger partial charge on any atom is 0.401 e. The molecule has 2 fully saturated rings. The molecule has 0 unspecified atom stereocenters. The first-order valence-electron chi connectivity index (χ1n) is 6.64. The maximum atomic E-state index is 12.9. The highest BCUT2D eigenvalue weighted by Crippen LogP contribution is 2.59. The number of rotatable bonds is 4. The lowest BCUT2D eigenvalue weighted by atomic mass is 9.82. The van der Waals surface area contributed by atoms with Gasteiger partial charge in [-0.3, -0.25) is 4.79 Å². The van der Waals surface area contributed by atoms with E-state index in [-0.39, 0.29) is 38.0 Å². The minimum absolute atomic E-state index is 0.0346. The van der Waals surface area contributed by atoms with Crippen molar-refractivity contribution in [1.29, 1.82) is 0 Å². The van der Waals surface area contributed by atoms with E-state index in [9.17, 15) is 26.7 Å². The highest BCUT2D eigenvalue weighted by Gasteiger charge is 2.67. The van der Waals surface area contributed by atoms with E-state index in [0.717, 1.165) is 0 Å². The van der Waals surface area contributed by atoms with Crippen molar-refractivity contribution < 1.29 is 26.7 Å². The standard InChI is InChI=1S/C13H17F5O/c14-12(15)5-3-9(4-6-12)1-2-10(19)11(7-8-11)13(16,17)18/h9H,1-8H2. The van der Waals surface area contributed by atoms with Crippen molar-refractivity contribution >= 4 is 5.78 Å². The van der Waals surface area contributed by atoms with E-state index in [0.29, 0.717) is 19.3 Å². The monoisotopic (exact) mass is 284 g/mol. The summed E-state index contributed by atoms with van der Waals surface area (Å²) >= 11 is 0. The van der Waals surface area contributed by atoms with E-state index in [1.165, 1.54) is 0 Å². The largest absolute Gasteiger partial charge is 0.401 e. The Bertz CT molecular complexity index is 347. The Morgan fingerprint density at radius 2 is 1.58 bits per heavy atom. The van der Waals surface area contributed by atoms with Crippen molar-refractivity contribution in [3.05, 3.63) is 0 Å². The van der Waals surface area contributed by atoms with Crippen LogP contribution in [0.25, 0.3) is 0 Å². The fourth-order valence-electron chi connectivity index (χ4n) is 2.81. The van der Waals surface area contributed by atoms with Crippen molar-refractivity contribution in [3.8, 4) is 0 Å². The van der Waals surface area contributed by atoms with Crippen molar-refractivity contribution in [2.45, 2.75) is 63.5 Å². The van der Waals surface area contributed by atoms with Gasteiger partial charge in [-0.05, 0) is 38.0 Å². The van der Waals surface area contributed by atoms with Gasteiger partial charge in [0.05, 0.1) is 0 Å². The lowest BCUT2D eigenvalue weighted by Gasteiger charge is -2.28. The first-order chi connectivity index (χ1) is 8.66. The summed E-state index contributed by atoms with van der Waals surface area (Å²) in [7, 11) is 0. The van der Waals surface area contributed by atoms with Crippen molar-refractivity contribution in [1.82, 2.24) is 0 Å². The lowest BCUT2D eigenvalue weighted by Crippen LogP contribution is -2.33. The molecule has 0 saturated heterocycles. The third-order valence-corrected chi connectivity index (χ3v) is 4.44. The van der Waals surface area contributed by atoms with Gasteiger partial charge in [-0.1, -0.05) is 0 Å². The Morgan fingerprint density at radius 3 is 2.00 bits per heavy atom. The van der Waals surface area contributed by atoms with Gasteiger partial charge in [0.15, 0.2) is 0 Å². The van der Waals surface area contributed by atoms with Crippen LogP contribution in [0.1, 0.15) is 51.4 Å². The zero-order valence-corrected chi connectivity index (χ0v) is 10.5. The Kier molecular flexibility index (Phi) is 3.64. The van der Waals surface area contributed by atoms with Gasteiger partial charge in [-0.15, -0.1) is 0 Å². The molecule has 0 aromatic rings. The van der Waals surface area contributed by atoms with E-state index in [1.54, 1.807) is 0 Å². The minimum atomic E-state index is -4.45. The zero-order valence-electron chi connectivity index (χ0n) is 10.5. The zero-order chi connectivity index (χ0) is 14.3. The second kappa shape index (κ2) is 4.70. The van der Waals surface area contributed by atoms with Crippen LogP contribution in [-0.4, -0.2) is 17.9 Å². The second-order valence-corrected chi connectivity index (χ2v) is 5.84. The molecule has 2 aliphatic rings. The van der Waals surface area contributed by atoms with Gasteiger partial charge in [0, 0.05) is 19.3 Å². The van der Waals surface area contributed by atoms with Gasteiger partial charge in [-0.2, -0.15) is 13.2 Å². The number of halogens is 5. The molecule has 0 aromatic carbocycles. The average Bonchev–Trinajstić information content (AvgIpc) is 3.07. The number of hydrogen-bond acceptors (Lipinski definition) is 1.